The largest absolute Gasteiger partial charge is 0.423 e. The third-order valence-electron chi connectivity index (χ3n) is 3.91. The Morgan fingerprint density at radius 3 is 2.34 bits per heavy atom. The summed E-state index contributed by atoms with van der Waals surface area (Å²) in [6.45, 7) is 0. The molecular formula is C22H14ClNO4S. The van der Waals surface area contributed by atoms with Crippen molar-refractivity contribution in [2.45, 2.75) is 4.90 Å². The van der Waals surface area contributed by atoms with Crippen molar-refractivity contribution in [2.75, 3.05) is 0 Å². The summed E-state index contributed by atoms with van der Waals surface area (Å²) in [5.41, 5.74) is 0.602. The molecule has 0 N–H and O–H groups in total. The Morgan fingerprint density at radius 1 is 0.966 bits per heavy atom. The fraction of sp³-hybridized carbons (Fsp3) is 0. The van der Waals surface area contributed by atoms with Crippen molar-refractivity contribution in [2.24, 2.45) is 0 Å². The number of rotatable bonds is 5. The average molecular weight is 424 g/mol. The zero-order valence-corrected chi connectivity index (χ0v) is 16.5. The Morgan fingerprint density at radius 2 is 1.66 bits per heavy atom. The molecule has 0 amide bonds. The second kappa shape index (κ2) is 8.74. The van der Waals surface area contributed by atoms with Crippen LogP contribution in [0.2, 0.25) is 5.02 Å². The lowest BCUT2D eigenvalue weighted by Crippen LogP contribution is -2.09. The molecule has 0 bridgehead atoms. The van der Waals surface area contributed by atoms with Gasteiger partial charge in [0.05, 0.1) is 15.5 Å². The Bertz CT molecular complexity index is 1230. The van der Waals surface area contributed by atoms with Gasteiger partial charge in [-0.25, -0.2) is 13.2 Å². The van der Waals surface area contributed by atoms with Crippen molar-refractivity contribution in [3.8, 4) is 11.8 Å². The van der Waals surface area contributed by atoms with Crippen LogP contribution in [0, 0.1) is 11.3 Å². The fourth-order valence-corrected chi connectivity index (χ4v) is 3.90. The van der Waals surface area contributed by atoms with Crippen LogP contribution >= 0.6 is 11.6 Å². The zero-order valence-electron chi connectivity index (χ0n) is 14.9. The van der Waals surface area contributed by atoms with Crippen LogP contribution in [0.3, 0.4) is 0 Å². The highest BCUT2D eigenvalue weighted by Crippen LogP contribution is 2.24. The Balaban J connectivity index is 1.90. The number of allylic oxidation sites excluding steroid dienone is 1. The highest BCUT2D eigenvalue weighted by atomic mass is 35.5. The minimum Gasteiger partial charge on any atom is -0.423 e. The topological polar surface area (TPSA) is 84.2 Å². The van der Waals surface area contributed by atoms with E-state index in [1.54, 1.807) is 60.7 Å². The number of hydrogen-bond donors (Lipinski definition) is 0. The minimum absolute atomic E-state index is 0.0223. The van der Waals surface area contributed by atoms with Crippen LogP contribution in [-0.2, 0) is 9.84 Å². The molecule has 0 aliphatic carbocycles. The number of halogens is 1. The Hall–Kier alpha value is -3.40. The smallest absolute Gasteiger partial charge is 0.345 e. The lowest BCUT2D eigenvalue weighted by molar-refractivity contribution is 0.0735. The third kappa shape index (κ3) is 4.72. The molecule has 0 heterocycles. The maximum absolute atomic E-state index is 12.7. The molecule has 0 saturated heterocycles. The normalized spacial score (nSPS) is 11.5. The van der Waals surface area contributed by atoms with Crippen LogP contribution in [0.25, 0.3) is 6.08 Å². The lowest BCUT2D eigenvalue weighted by atomic mass is 10.2. The Labute approximate surface area is 173 Å². The van der Waals surface area contributed by atoms with E-state index in [9.17, 15) is 18.5 Å². The van der Waals surface area contributed by atoms with Gasteiger partial charge in [0.1, 0.15) is 16.7 Å². The SMILES string of the molecule is N#CC(=Cc1cccc(OC(=O)c2ccccc2Cl)c1)S(=O)(=O)c1ccccc1. The molecule has 144 valence electrons. The van der Waals surface area contributed by atoms with Crippen molar-refractivity contribution < 1.29 is 17.9 Å². The zero-order chi connectivity index (χ0) is 20.9. The molecule has 0 fully saturated rings. The molecule has 0 aliphatic heterocycles. The van der Waals surface area contributed by atoms with Gasteiger partial charge in [-0.3, -0.25) is 0 Å². The quantitative estimate of drug-likeness (QED) is 0.331. The first-order valence-electron chi connectivity index (χ1n) is 8.40. The number of ether oxygens (including phenoxy) is 1. The monoisotopic (exact) mass is 423 g/mol. The number of nitriles is 1. The van der Waals surface area contributed by atoms with Crippen molar-refractivity contribution in [3.63, 3.8) is 0 Å². The van der Waals surface area contributed by atoms with Crippen molar-refractivity contribution >= 4 is 33.5 Å². The standard InChI is InChI=1S/C22H14ClNO4S/c23-21-12-5-4-11-20(21)22(25)28-17-8-6-7-16(13-17)14-19(15-24)29(26,27)18-9-2-1-3-10-18/h1-14H. The molecule has 0 aromatic heterocycles. The third-order valence-corrected chi connectivity index (χ3v) is 5.92. The summed E-state index contributed by atoms with van der Waals surface area (Å²) >= 11 is 6.00. The van der Waals surface area contributed by atoms with Gasteiger partial charge in [-0.2, -0.15) is 5.26 Å². The van der Waals surface area contributed by atoms with Gasteiger partial charge in [0, 0.05) is 0 Å². The minimum atomic E-state index is -3.96. The van der Waals surface area contributed by atoms with Gasteiger partial charge < -0.3 is 4.74 Å². The molecule has 0 atom stereocenters. The summed E-state index contributed by atoms with van der Waals surface area (Å²) in [5, 5.41) is 9.64. The predicted octanol–water partition coefficient (Wildman–Crippen LogP) is 4.90. The number of sulfone groups is 1. The van der Waals surface area contributed by atoms with E-state index in [-0.39, 0.29) is 21.2 Å². The first-order valence-corrected chi connectivity index (χ1v) is 10.3. The molecule has 0 saturated carbocycles. The van der Waals surface area contributed by atoms with Gasteiger partial charge in [-0.05, 0) is 48.0 Å². The summed E-state index contributed by atoms with van der Waals surface area (Å²) in [6.07, 6.45) is 1.23. The highest BCUT2D eigenvalue weighted by molar-refractivity contribution is 7.95. The first-order chi connectivity index (χ1) is 13.9. The summed E-state index contributed by atoms with van der Waals surface area (Å²) < 4.78 is 30.6. The number of hydrogen-bond acceptors (Lipinski definition) is 5. The van der Waals surface area contributed by atoms with Gasteiger partial charge in [-0.1, -0.05) is 54.1 Å². The molecule has 0 aliphatic rings. The van der Waals surface area contributed by atoms with E-state index in [4.69, 9.17) is 16.3 Å². The predicted molar refractivity (Wildman–Crippen MR) is 110 cm³/mol. The fourth-order valence-electron chi connectivity index (χ4n) is 2.50. The van der Waals surface area contributed by atoms with Crippen molar-refractivity contribution in [1.82, 2.24) is 0 Å². The number of esters is 1. The molecule has 29 heavy (non-hydrogen) atoms. The molecule has 0 radical (unpaired) electrons. The first kappa shape index (κ1) is 20.3. The van der Waals surface area contributed by atoms with E-state index in [2.05, 4.69) is 0 Å². The molecular weight excluding hydrogens is 410 g/mol. The van der Waals surface area contributed by atoms with Gasteiger partial charge >= 0.3 is 5.97 Å². The summed E-state index contributed by atoms with van der Waals surface area (Å²) in [7, 11) is -3.96. The number of carbonyl (C=O) groups is 1. The van der Waals surface area contributed by atoms with E-state index in [0.29, 0.717) is 5.56 Å². The average Bonchev–Trinajstić information content (AvgIpc) is 2.73. The van der Waals surface area contributed by atoms with Gasteiger partial charge in [0.2, 0.25) is 9.84 Å². The van der Waals surface area contributed by atoms with Gasteiger partial charge in [0.25, 0.3) is 0 Å². The maximum Gasteiger partial charge on any atom is 0.345 e. The molecule has 5 nitrogen and oxygen atoms in total. The molecule has 3 aromatic rings. The van der Waals surface area contributed by atoms with Crippen LogP contribution in [-0.4, -0.2) is 14.4 Å². The van der Waals surface area contributed by atoms with Crippen LogP contribution < -0.4 is 4.74 Å². The van der Waals surface area contributed by atoms with Crippen molar-refractivity contribution in [3.05, 3.63) is 99.9 Å². The van der Waals surface area contributed by atoms with Crippen LogP contribution in [0.1, 0.15) is 15.9 Å². The summed E-state index contributed by atoms with van der Waals surface area (Å²) in [6, 6.07) is 22.1. The second-order valence-electron chi connectivity index (χ2n) is 5.88. The van der Waals surface area contributed by atoms with E-state index in [1.807, 2.05) is 0 Å². The lowest BCUT2D eigenvalue weighted by Gasteiger charge is -2.07. The van der Waals surface area contributed by atoms with E-state index in [0.717, 1.165) is 0 Å². The molecule has 0 unspecified atom stereocenters. The van der Waals surface area contributed by atoms with Crippen LogP contribution in [0.5, 0.6) is 5.75 Å². The molecule has 3 aromatic carbocycles. The summed E-state index contributed by atoms with van der Waals surface area (Å²) in [4.78, 5) is 11.9. The second-order valence-corrected chi connectivity index (χ2v) is 8.20. The maximum atomic E-state index is 12.7. The van der Waals surface area contributed by atoms with E-state index >= 15 is 0 Å². The summed E-state index contributed by atoms with van der Waals surface area (Å²) in [5.74, 6) is -0.452. The van der Waals surface area contributed by atoms with E-state index < -0.39 is 20.7 Å². The molecule has 3 rings (SSSR count). The van der Waals surface area contributed by atoms with Crippen LogP contribution in [0.4, 0.5) is 0 Å². The van der Waals surface area contributed by atoms with E-state index in [1.165, 1.54) is 30.3 Å². The Kier molecular flexibility index (Phi) is 6.13. The molecule has 0 spiro atoms. The van der Waals surface area contributed by atoms with Gasteiger partial charge in [0.15, 0.2) is 0 Å². The van der Waals surface area contributed by atoms with Crippen molar-refractivity contribution in [1.29, 1.82) is 5.26 Å². The van der Waals surface area contributed by atoms with Crippen LogP contribution in [0.15, 0.2) is 88.7 Å². The van der Waals surface area contributed by atoms with Gasteiger partial charge in [-0.15, -0.1) is 0 Å². The molecule has 7 heteroatoms. The number of benzene rings is 3. The number of nitrogens with zero attached hydrogens (tertiary/aromatic N) is 1. The highest BCUT2D eigenvalue weighted by Gasteiger charge is 2.20. The number of carbonyl (C=O) groups excluding carboxylic acids is 1.